The monoisotopic (exact) mass is 541 g/mol. The number of imidazole rings is 1. The van der Waals surface area contributed by atoms with Gasteiger partial charge in [0.2, 0.25) is 5.91 Å². The number of anilines is 1. The number of halogens is 1. The molecule has 2 aromatic carbocycles. The van der Waals surface area contributed by atoms with E-state index in [-0.39, 0.29) is 18.6 Å². The number of primary amides is 1. The predicted molar refractivity (Wildman–Crippen MR) is 147 cm³/mol. The predicted octanol–water partition coefficient (Wildman–Crippen LogP) is 4.12. The van der Waals surface area contributed by atoms with Crippen molar-refractivity contribution in [2.75, 3.05) is 18.0 Å². The van der Waals surface area contributed by atoms with Crippen LogP contribution in [0.25, 0.3) is 33.5 Å². The molecule has 0 saturated carbocycles. The minimum atomic E-state index is -0.724. The Kier molecular flexibility index (Phi) is 6.85. The van der Waals surface area contributed by atoms with Crippen LogP contribution in [0.5, 0.6) is 0 Å². The number of rotatable bonds is 5. The van der Waals surface area contributed by atoms with E-state index in [9.17, 15) is 19.2 Å². The van der Waals surface area contributed by atoms with E-state index in [0.29, 0.717) is 39.3 Å². The largest absolute Gasteiger partial charge is 0.444 e. The van der Waals surface area contributed by atoms with Crippen LogP contribution in [0.3, 0.4) is 0 Å². The molecule has 10 nitrogen and oxygen atoms in total. The highest BCUT2D eigenvalue weighted by Crippen LogP contribution is 2.41. The number of pyridine rings is 1. The number of hydrogen-bond donors (Lipinski definition) is 3. The zero-order chi connectivity index (χ0) is 28.6. The molecule has 4 aromatic rings. The molecule has 3 heterocycles. The van der Waals surface area contributed by atoms with Crippen LogP contribution in [0.2, 0.25) is 0 Å². The highest BCUT2D eigenvalue weighted by atomic mass is 19.1. The maximum Gasteiger partial charge on any atom is 0.407 e. The standard InChI is InChI=1S/C29H28FN7O3/c1-29(2,3)40-28(39)35-23-15-37(14-20(23)26(32)38)25-18(17-7-4-6-16(10-17)11-31)12-33-13-19(25)27-34-22-9-5-8-21(30)24(22)36-27/h4-10,12-13,20,23H,14-15H2,1-3H3,(H2,32,38)(H,34,36)(H,35,39)/t20-,23-/m1/s1. The van der Waals surface area contributed by atoms with Crippen LogP contribution in [-0.4, -0.2) is 51.7 Å². The maximum atomic E-state index is 14.5. The lowest BCUT2D eigenvalue weighted by Crippen LogP contribution is -2.46. The number of alkyl carbamates (subject to hydrolysis) is 1. The van der Waals surface area contributed by atoms with Crippen molar-refractivity contribution in [1.29, 1.82) is 5.26 Å². The molecule has 2 aromatic heterocycles. The molecule has 1 aliphatic rings. The third kappa shape index (κ3) is 5.29. The van der Waals surface area contributed by atoms with Gasteiger partial charge in [-0.3, -0.25) is 9.78 Å². The fourth-order valence-electron chi connectivity index (χ4n) is 4.94. The fraction of sp³-hybridized carbons (Fsp3) is 0.276. The molecule has 40 heavy (non-hydrogen) atoms. The number of carbonyl (C=O) groups is 2. The molecule has 1 fully saturated rings. The number of aromatic nitrogens is 3. The van der Waals surface area contributed by atoms with E-state index in [1.54, 1.807) is 63.5 Å². The summed E-state index contributed by atoms with van der Waals surface area (Å²) in [5.74, 6) is -1.39. The SMILES string of the molecule is CC(C)(C)OC(=O)N[C@@H]1CN(c2c(-c3cccc(C#N)c3)cncc2-c2nc3c(F)cccc3[nH]2)C[C@H]1C(N)=O. The number of ether oxygens (including phenoxy) is 1. The van der Waals surface area contributed by atoms with Crippen molar-refractivity contribution < 1.29 is 18.7 Å². The Balaban J connectivity index is 1.63. The molecule has 2 atom stereocenters. The number of nitrogens with zero attached hydrogens (tertiary/aromatic N) is 4. The van der Waals surface area contributed by atoms with Crippen molar-refractivity contribution in [2.24, 2.45) is 11.7 Å². The molecule has 1 aliphatic heterocycles. The number of carbonyl (C=O) groups excluding carboxylic acids is 2. The van der Waals surface area contributed by atoms with Gasteiger partial charge in [-0.2, -0.15) is 5.26 Å². The van der Waals surface area contributed by atoms with E-state index >= 15 is 0 Å². The van der Waals surface area contributed by atoms with Crippen LogP contribution >= 0.6 is 0 Å². The zero-order valence-electron chi connectivity index (χ0n) is 22.2. The molecule has 5 rings (SSSR count). The van der Waals surface area contributed by atoms with Crippen molar-refractivity contribution in [1.82, 2.24) is 20.3 Å². The van der Waals surface area contributed by atoms with Crippen LogP contribution in [0.1, 0.15) is 26.3 Å². The number of hydrogen-bond acceptors (Lipinski definition) is 7. The Morgan fingerprint density at radius 3 is 2.62 bits per heavy atom. The molecular weight excluding hydrogens is 513 g/mol. The van der Waals surface area contributed by atoms with Crippen molar-refractivity contribution in [3.05, 3.63) is 66.2 Å². The first-order chi connectivity index (χ1) is 19.0. The Bertz CT molecular complexity index is 1650. The first kappa shape index (κ1) is 26.6. The Labute approximate surface area is 230 Å². The molecule has 2 amide bonds. The number of nitrogens with one attached hydrogen (secondary N) is 2. The molecule has 0 aliphatic carbocycles. The summed E-state index contributed by atoms with van der Waals surface area (Å²) in [5.41, 5.74) is 8.77. The Hall–Kier alpha value is -4.98. The number of nitrogens with two attached hydrogens (primary N) is 1. The van der Waals surface area contributed by atoms with Gasteiger partial charge in [0, 0.05) is 31.0 Å². The Morgan fingerprint density at radius 2 is 1.93 bits per heavy atom. The highest BCUT2D eigenvalue weighted by molar-refractivity contribution is 5.92. The average Bonchev–Trinajstić information content (AvgIpc) is 3.52. The van der Waals surface area contributed by atoms with Gasteiger partial charge < -0.3 is 25.7 Å². The summed E-state index contributed by atoms with van der Waals surface area (Å²) in [5, 5.41) is 12.3. The van der Waals surface area contributed by atoms with E-state index in [1.165, 1.54) is 6.07 Å². The van der Waals surface area contributed by atoms with E-state index in [2.05, 4.69) is 26.3 Å². The Morgan fingerprint density at radius 1 is 1.18 bits per heavy atom. The van der Waals surface area contributed by atoms with Crippen LogP contribution in [0.4, 0.5) is 14.9 Å². The quantitative estimate of drug-likeness (QED) is 0.344. The minimum absolute atomic E-state index is 0.182. The van der Waals surface area contributed by atoms with Gasteiger partial charge in [-0.25, -0.2) is 14.2 Å². The van der Waals surface area contributed by atoms with Crippen molar-refractivity contribution in [3.63, 3.8) is 0 Å². The average molecular weight is 542 g/mol. The first-order valence-electron chi connectivity index (χ1n) is 12.7. The van der Waals surface area contributed by atoms with Gasteiger partial charge in [-0.1, -0.05) is 18.2 Å². The van der Waals surface area contributed by atoms with Crippen molar-refractivity contribution in [3.8, 4) is 28.6 Å². The van der Waals surface area contributed by atoms with E-state index in [0.717, 1.165) is 0 Å². The number of benzene rings is 2. The molecule has 0 unspecified atom stereocenters. The van der Waals surface area contributed by atoms with Gasteiger partial charge in [-0.05, 0) is 50.6 Å². The fourth-order valence-corrected chi connectivity index (χ4v) is 4.94. The van der Waals surface area contributed by atoms with Gasteiger partial charge in [0.05, 0.1) is 40.4 Å². The normalized spacial score (nSPS) is 17.0. The lowest BCUT2D eigenvalue weighted by molar-refractivity contribution is -0.121. The van der Waals surface area contributed by atoms with Crippen LogP contribution in [0, 0.1) is 23.1 Å². The molecular formula is C29H28FN7O3. The number of fused-ring (bicyclic) bond motifs is 1. The summed E-state index contributed by atoms with van der Waals surface area (Å²) in [6, 6.07) is 13.2. The number of para-hydroxylation sites is 1. The summed E-state index contributed by atoms with van der Waals surface area (Å²) in [7, 11) is 0. The lowest BCUT2D eigenvalue weighted by atomic mass is 10.00. The lowest BCUT2D eigenvalue weighted by Gasteiger charge is -2.25. The summed E-state index contributed by atoms with van der Waals surface area (Å²) < 4.78 is 19.9. The van der Waals surface area contributed by atoms with Crippen LogP contribution in [-0.2, 0) is 9.53 Å². The van der Waals surface area contributed by atoms with E-state index in [1.807, 2.05) is 11.0 Å². The highest BCUT2D eigenvalue weighted by Gasteiger charge is 2.40. The van der Waals surface area contributed by atoms with Gasteiger partial charge in [0.1, 0.15) is 16.9 Å². The van der Waals surface area contributed by atoms with Crippen LogP contribution in [0.15, 0.2) is 54.9 Å². The molecule has 1 saturated heterocycles. The van der Waals surface area contributed by atoms with Crippen molar-refractivity contribution in [2.45, 2.75) is 32.4 Å². The second-order valence-electron chi connectivity index (χ2n) is 10.7. The van der Waals surface area contributed by atoms with E-state index < -0.39 is 35.4 Å². The van der Waals surface area contributed by atoms with Crippen molar-refractivity contribution >= 4 is 28.7 Å². The van der Waals surface area contributed by atoms with Gasteiger partial charge in [0.25, 0.3) is 0 Å². The molecule has 204 valence electrons. The third-order valence-corrected chi connectivity index (χ3v) is 6.64. The summed E-state index contributed by atoms with van der Waals surface area (Å²) >= 11 is 0. The first-order valence-corrected chi connectivity index (χ1v) is 12.7. The number of nitriles is 1. The second-order valence-corrected chi connectivity index (χ2v) is 10.7. The number of H-pyrrole nitrogens is 1. The van der Waals surface area contributed by atoms with E-state index in [4.69, 9.17) is 10.5 Å². The van der Waals surface area contributed by atoms with Gasteiger partial charge in [0.15, 0.2) is 5.82 Å². The van der Waals surface area contributed by atoms with Gasteiger partial charge in [-0.15, -0.1) is 0 Å². The van der Waals surface area contributed by atoms with Crippen LogP contribution < -0.4 is 16.0 Å². The number of aromatic amines is 1. The second kappa shape index (κ2) is 10.3. The number of amides is 2. The van der Waals surface area contributed by atoms with Gasteiger partial charge >= 0.3 is 6.09 Å². The summed E-state index contributed by atoms with van der Waals surface area (Å²) in [6.45, 7) is 5.66. The molecule has 0 radical (unpaired) electrons. The molecule has 4 N–H and O–H groups in total. The zero-order valence-corrected chi connectivity index (χ0v) is 22.2. The molecule has 11 heteroatoms. The molecule has 0 bridgehead atoms. The third-order valence-electron chi connectivity index (χ3n) is 6.64. The summed E-state index contributed by atoms with van der Waals surface area (Å²) in [4.78, 5) is 39.1. The molecule has 0 spiro atoms. The smallest absolute Gasteiger partial charge is 0.407 e. The summed E-state index contributed by atoms with van der Waals surface area (Å²) in [6.07, 6.45) is 2.61. The maximum absolute atomic E-state index is 14.5. The minimum Gasteiger partial charge on any atom is -0.444 e. The topological polar surface area (TPSA) is 150 Å².